The summed E-state index contributed by atoms with van der Waals surface area (Å²) in [5.74, 6) is 0. The molecule has 2 nitrogen and oxygen atoms in total. The second kappa shape index (κ2) is 2.85. The van der Waals surface area contributed by atoms with Gasteiger partial charge in [-0.05, 0) is 44.0 Å². The van der Waals surface area contributed by atoms with Crippen molar-refractivity contribution in [3.63, 3.8) is 0 Å². The topological polar surface area (TPSA) is 17.8 Å². The fraction of sp³-hybridized carbons (Fsp3) is 0.125. The molecule has 0 aliphatic rings. The molecule has 0 N–H and O–H groups in total. The molecule has 4 heteroatoms. The summed E-state index contributed by atoms with van der Waals surface area (Å²) in [4.78, 5) is 0. The maximum Gasteiger partial charge on any atom is 0.136 e. The summed E-state index contributed by atoms with van der Waals surface area (Å²) in [6, 6.07) is 6.05. The number of aryl methyl sites for hydroxylation is 1. The van der Waals surface area contributed by atoms with E-state index in [1.807, 2.05) is 29.9 Å². The zero-order chi connectivity index (χ0) is 8.72. The third-order valence-electron chi connectivity index (χ3n) is 1.77. The monoisotopic (exact) mass is 288 g/mol. The Bertz CT molecular complexity index is 434. The van der Waals surface area contributed by atoms with Gasteiger partial charge in [-0.15, -0.1) is 0 Å². The average molecular weight is 290 g/mol. The number of rotatable bonds is 0. The summed E-state index contributed by atoms with van der Waals surface area (Å²) < 4.78 is 3.81. The average Bonchev–Trinajstić information content (AvgIpc) is 2.29. The first kappa shape index (κ1) is 8.26. The van der Waals surface area contributed by atoms with Crippen molar-refractivity contribution in [1.29, 1.82) is 0 Å². The number of aromatic nitrogens is 2. The molecule has 0 aliphatic heterocycles. The van der Waals surface area contributed by atoms with E-state index in [1.165, 1.54) is 0 Å². The molecule has 2 rings (SSSR count). The Balaban J connectivity index is 2.99. The molecule has 12 heavy (non-hydrogen) atoms. The molecule has 0 fully saturated rings. The molecule has 0 amide bonds. The molecule has 0 spiro atoms. The van der Waals surface area contributed by atoms with Gasteiger partial charge in [-0.1, -0.05) is 6.07 Å². The van der Waals surface area contributed by atoms with E-state index >= 15 is 0 Å². The molecule has 1 aromatic heterocycles. The quantitative estimate of drug-likeness (QED) is 0.729. The van der Waals surface area contributed by atoms with Crippen molar-refractivity contribution in [2.75, 3.05) is 0 Å². The number of para-hydroxylation sites is 1. The van der Waals surface area contributed by atoms with Crippen molar-refractivity contribution >= 4 is 42.8 Å². The van der Waals surface area contributed by atoms with Crippen LogP contribution in [0, 0.1) is 0 Å². The highest BCUT2D eigenvalue weighted by atomic mass is 79.9. The molecule has 0 aliphatic carbocycles. The Morgan fingerprint density at radius 1 is 1.33 bits per heavy atom. The maximum atomic E-state index is 4.25. The van der Waals surface area contributed by atoms with Crippen LogP contribution in [-0.4, -0.2) is 9.78 Å². The Hall–Kier alpha value is -0.350. The van der Waals surface area contributed by atoms with E-state index in [1.54, 1.807) is 0 Å². The summed E-state index contributed by atoms with van der Waals surface area (Å²) >= 11 is 6.88. The predicted molar refractivity (Wildman–Crippen MR) is 56.1 cm³/mol. The van der Waals surface area contributed by atoms with Crippen LogP contribution in [0.25, 0.3) is 10.9 Å². The molecule has 0 bridgehead atoms. The van der Waals surface area contributed by atoms with Crippen molar-refractivity contribution in [2.24, 2.45) is 7.05 Å². The van der Waals surface area contributed by atoms with E-state index in [0.717, 1.165) is 20.0 Å². The van der Waals surface area contributed by atoms with Crippen LogP contribution in [0.3, 0.4) is 0 Å². The Morgan fingerprint density at radius 2 is 2.08 bits per heavy atom. The Kier molecular flexibility index (Phi) is 1.96. The summed E-state index contributed by atoms with van der Waals surface area (Å²) in [6.07, 6.45) is 0. The van der Waals surface area contributed by atoms with E-state index in [4.69, 9.17) is 0 Å². The van der Waals surface area contributed by atoms with Crippen LogP contribution in [-0.2, 0) is 7.05 Å². The number of nitrogens with zero attached hydrogens (tertiary/aromatic N) is 2. The SMILES string of the molecule is Cn1nc(Br)c2cccc(Br)c21. The molecular weight excluding hydrogens is 284 g/mol. The summed E-state index contributed by atoms with van der Waals surface area (Å²) in [6.45, 7) is 0. The van der Waals surface area contributed by atoms with Crippen molar-refractivity contribution < 1.29 is 0 Å². The van der Waals surface area contributed by atoms with E-state index in [-0.39, 0.29) is 0 Å². The van der Waals surface area contributed by atoms with Crippen molar-refractivity contribution in [3.8, 4) is 0 Å². The van der Waals surface area contributed by atoms with Crippen LogP contribution >= 0.6 is 31.9 Å². The fourth-order valence-corrected chi connectivity index (χ4v) is 2.43. The first-order chi connectivity index (χ1) is 5.70. The van der Waals surface area contributed by atoms with E-state index in [9.17, 15) is 0 Å². The van der Waals surface area contributed by atoms with Crippen LogP contribution in [0.1, 0.15) is 0 Å². The number of benzene rings is 1. The standard InChI is InChI=1S/C8H6Br2N2/c1-12-7-5(8(10)11-12)3-2-4-6(7)9/h2-4H,1H3. The van der Waals surface area contributed by atoms with Crippen LogP contribution in [0.5, 0.6) is 0 Å². The van der Waals surface area contributed by atoms with Gasteiger partial charge in [0.25, 0.3) is 0 Å². The second-order valence-electron chi connectivity index (χ2n) is 2.55. The molecule has 2 aromatic rings. The first-order valence-electron chi connectivity index (χ1n) is 3.47. The van der Waals surface area contributed by atoms with Gasteiger partial charge in [0.05, 0.1) is 5.52 Å². The molecular formula is C8H6Br2N2. The van der Waals surface area contributed by atoms with Gasteiger partial charge >= 0.3 is 0 Å². The lowest BCUT2D eigenvalue weighted by atomic mass is 10.3. The molecule has 0 radical (unpaired) electrons. The van der Waals surface area contributed by atoms with E-state index < -0.39 is 0 Å². The van der Waals surface area contributed by atoms with E-state index in [0.29, 0.717) is 0 Å². The number of hydrogen-bond acceptors (Lipinski definition) is 1. The van der Waals surface area contributed by atoms with Crippen molar-refractivity contribution in [2.45, 2.75) is 0 Å². The van der Waals surface area contributed by atoms with Crippen molar-refractivity contribution in [1.82, 2.24) is 9.78 Å². The Labute approximate surface area is 86.8 Å². The minimum atomic E-state index is 0.890. The van der Waals surface area contributed by atoms with Gasteiger partial charge in [-0.25, -0.2) is 0 Å². The van der Waals surface area contributed by atoms with Gasteiger partial charge in [-0.2, -0.15) is 5.10 Å². The highest BCUT2D eigenvalue weighted by Crippen LogP contribution is 2.28. The lowest BCUT2D eigenvalue weighted by Gasteiger charge is -1.95. The number of fused-ring (bicyclic) bond motifs is 1. The maximum absolute atomic E-state index is 4.25. The molecule has 0 atom stereocenters. The van der Waals surface area contributed by atoms with Gasteiger partial charge in [0, 0.05) is 16.9 Å². The van der Waals surface area contributed by atoms with Gasteiger partial charge < -0.3 is 0 Å². The minimum Gasteiger partial charge on any atom is -0.266 e. The summed E-state index contributed by atoms with van der Waals surface area (Å²) in [7, 11) is 1.93. The largest absolute Gasteiger partial charge is 0.266 e. The lowest BCUT2D eigenvalue weighted by Crippen LogP contribution is -1.89. The molecule has 0 saturated carbocycles. The lowest BCUT2D eigenvalue weighted by molar-refractivity contribution is 0.787. The zero-order valence-electron chi connectivity index (χ0n) is 6.38. The van der Waals surface area contributed by atoms with Crippen LogP contribution in [0.2, 0.25) is 0 Å². The minimum absolute atomic E-state index is 0.890. The number of halogens is 2. The molecule has 1 heterocycles. The highest BCUT2D eigenvalue weighted by Gasteiger charge is 2.07. The third-order valence-corrected chi connectivity index (χ3v) is 3.00. The molecule has 0 saturated heterocycles. The first-order valence-corrected chi connectivity index (χ1v) is 5.05. The number of hydrogen-bond donors (Lipinski definition) is 0. The zero-order valence-corrected chi connectivity index (χ0v) is 9.55. The molecule has 62 valence electrons. The molecule has 1 aromatic carbocycles. The normalized spacial score (nSPS) is 10.9. The second-order valence-corrected chi connectivity index (χ2v) is 4.16. The van der Waals surface area contributed by atoms with Crippen LogP contribution < -0.4 is 0 Å². The van der Waals surface area contributed by atoms with Gasteiger partial charge in [-0.3, -0.25) is 4.68 Å². The Morgan fingerprint density at radius 3 is 2.75 bits per heavy atom. The molecule has 0 unspecified atom stereocenters. The van der Waals surface area contributed by atoms with Gasteiger partial charge in [0.1, 0.15) is 4.60 Å². The highest BCUT2D eigenvalue weighted by molar-refractivity contribution is 9.11. The van der Waals surface area contributed by atoms with E-state index in [2.05, 4.69) is 37.0 Å². The van der Waals surface area contributed by atoms with Gasteiger partial charge in [0.2, 0.25) is 0 Å². The van der Waals surface area contributed by atoms with Crippen molar-refractivity contribution in [3.05, 3.63) is 27.3 Å². The summed E-state index contributed by atoms with van der Waals surface area (Å²) in [5.41, 5.74) is 1.12. The smallest absolute Gasteiger partial charge is 0.136 e. The third kappa shape index (κ3) is 1.10. The summed E-state index contributed by atoms with van der Waals surface area (Å²) in [5, 5.41) is 5.39. The predicted octanol–water partition coefficient (Wildman–Crippen LogP) is 3.10. The van der Waals surface area contributed by atoms with Gasteiger partial charge in [0.15, 0.2) is 0 Å². The van der Waals surface area contributed by atoms with Crippen LogP contribution in [0.15, 0.2) is 27.3 Å². The van der Waals surface area contributed by atoms with Crippen LogP contribution in [0.4, 0.5) is 0 Å². The fourth-order valence-electron chi connectivity index (χ4n) is 1.25.